The lowest BCUT2D eigenvalue weighted by atomic mass is 10.1. The van der Waals surface area contributed by atoms with E-state index in [0.29, 0.717) is 13.3 Å². The smallest absolute Gasteiger partial charge is 0.231 e. The maximum atomic E-state index is 5.41. The average Bonchev–Trinajstić information content (AvgIpc) is 3.10. The highest BCUT2D eigenvalue weighted by Gasteiger charge is 2.13. The van der Waals surface area contributed by atoms with Gasteiger partial charge in [0.25, 0.3) is 0 Å². The van der Waals surface area contributed by atoms with E-state index in [1.165, 1.54) is 11.1 Å². The molecule has 0 bridgehead atoms. The van der Waals surface area contributed by atoms with Crippen molar-refractivity contribution in [2.45, 2.75) is 19.6 Å². The van der Waals surface area contributed by atoms with Gasteiger partial charge >= 0.3 is 0 Å². The Morgan fingerprint density at radius 1 is 0.926 bits per heavy atom. The zero-order valence-corrected chi connectivity index (χ0v) is 18.3. The van der Waals surface area contributed by atoms with E-state index in [2.05, 4.69) is 58.9 Å². The monoisotopic (exact) mass is 482 g/mol. The molecule has 0 amide bonds. The van der Waals surface area contributed by atoms with E-state index in [1.807, 2.05) is 18.2 Å². The molecule has 2 N–H and O–H groups in total. The number of nitrogens with zero attached hydrogens (tertiary/aromatic N) is 2. The molecular formula is C20H27IN4O2. The number of aliphatic imine (C=N–C) groups is 1. The van der Waals surface area contributed by atoms with Gasteiger partial charge in [-0.15, -0.1) is 24.0 Å². The fourth-order valence-electron chi connectivity index (χ4n) is 2.77. The van der Waals surface area contributed by atoms with Crippen LogP contribution in [0, 0.1) is 0 Å². The van der Waals surface area contributed by atoms with Gasteiger partial charge in [0.2, 0.25) is 6.79 Å². The molecule has 0 aliphatic carbocycles. The first-order valence-corrected chi connectivity index (χ1v) is 8.69. The molecule has 0 saturated heterocycles. The molecule has 146 valence electrons. The van der Waals surface area contributed by atoms with Crippen LogP contribution in [0.3, 0.4) is 0 Å². The lowest BCUT2D eigenvalue weighted by Crippen LogP contribution is -2.36. The molecule has 3 rings (SSSR count). The van der Waals surface area contributed by atoms with E-state index in [4.69, 9.17) is 9.47 Å². The van der Waals surface area contributed by atoms with Gasteiger partial charge in [0, 0.05) is 26.7 Å². The molecule has 0 aromatic heterocycles. The molecule has 27 heavy (non-hydrogen) atoms. The molecule has 2 aromatic rings. The van der Waals surface area contributed by atoms with Crippen LogP contribution in [0.5, 0.6) is 11.5 Å². The Morgan fingerprint density at radius 3 is 2.19 bits per heavy atom. The van der Waals surface area contributed by atoms with Gasteiger partial charge in [0.15, 0.2) is 17.5 Å². The summed E-state index contributed by atoms with van der Waals surface area (Å²) in [6.45, 7) is 2.64. The summed E-state index contributed by atoms with van der Waals surface area (Å²) in [4.78, 5) is 6.44. The van der Waals surface area contributed by atoms with E-state index in [1.54, 1.807) is 7.05 Å². The first-order chi connectivity index (χ1) is 12.6. The first-order valence-electron chi connectivity index (χ1n) is 8.69. The first kappa shape index (κ1) is 21.3. The third-order valence-electron chi connectivity index (χ3n) is 4.10. The summed E-state index contributed by atoms with van der Waals surface area (Å²) in [6.07, 6.45) is 0. The number of guanidine groups is 1. The number of fused-ring (bicyclic) bond motifs is 1. The normalized spacial score (nSPS) is 12.7. The van der Waals surface area contributed by atoms with Gasteiger partial charge in [0.1, 0.15) is 0 Å². The van der Waals surface area contributed by atoms with Crippen LogP contribution < -0.4 is 20.1 Å². The highest BCUT2D eigenvalue weighted by Crippen LogP contribution is 2.32. The minimum Gasteiger partial charge on any atom is -0.454 e. The van der Waals surface area contributed by atoms with Crippen LogP contribution in [-0.2, 0) is 19.6 Å². The molecule has 0 saturated carbocycles. The Bertz CT molecular complexity index is 763. The SMILES string of the molecule is CN=C(NCc1ccc(CN(C)C)cc1)NCc1ccc2c(c1)OCO2.I. The quantitative estimate of drug-likeness (QED) is 0.377. The average molecular weight is 482 g/mol. The van der Waals surface area contributed by atoms with Crippen molar-refractivity contribution in [1.29, 1.82) is 0 Å². The molecule has 0 radical (unpaired) electrons. The molecular weight excluding hydrogens is 455 g/mol. The van der Waals surface area contributed by atoms with E-state index < -0.39 is 0 Å². The van der Waals surface area contributed by atoms with Crippen LogP contribution in [0.2, 0.25) is 0 Å². The molecule has 1 aliphatic rings. The molecule has 1 heterocycles. The Labute approximate surface area is 178 Å². The van der Waals surface area contributed by atoms with Gasteiger partial charge in [-0.3, -0.25) is 4.99 Å². The van der Waals surface area contributed by atoms with Crippen molar-refractivity contribution in [3.8, 4) is 11.5 Å². The lowest BCUT2D eigenvalue weighted by Gasteiger charge is -2.13. The molecule has 0 unspecified atom stereocenters. The summed E-state index contributed by atoms with van der Waals surface area (Å²) >= 11 is 0. The van der Waals surface area contributed by atoms with Crippen molar-refractivity contribution in [3.05, 3.63) is 59.2 Å². The number of halogens is 1. The van der Waals surface area contributed by atoms with E-state index in [0.717, 1.165) is 36.1 Å². The van der Waals surface area contributed by atoms with E-state index in [9.17, 15) is 0 Å². The molecule has 2 aromatic carbocycles. The van der Waals surface area contributed by atoms with Gasteiger partial charge < -0.3 is 25.0 Å². The van der Waals surface area contributed by atoms with Crippen LogP contribution in [-0.4, -0.2) is 38.8 Å². The van der Waals surface area contributed by atoms with Crippen LogP contribution >= 0.6 is 24.0 Å². The predicted octanol–water partition coefficient (Wildman–Crippen LogP) is 2.96. The van der Waals surface area contributed by atoms with E-state index in [-0.39, 0.29) is 24.0 Å². The van der Waals surface area contributed by atoms with Crippen LogP contribution in [0.1, 0.15) is 16.7 Å². The summed E-state index contributed by atoms with van der Waals surface area (Å²) in [7, 11) is 5.92. The molecule has 0 spiro atoms. The van der Waals surface area contributed by atoms with E-state index >= 15 is 0 Å². The van der Waals surface area contributed by atoms with Crippen molar-refractivity contribution in [2.75, 3.05) is 27.9 Å². The minimum atomic E-state index is 0. The third-order valence-corrected chi connectivity index (χ3v) is 4.10. The maximum Gasteiger partial charge on any atom is 0.231 e. The number of nitrogens with one attached hydrogen (secondary N) is 2. The minimum absolute atomic E-state index is 0. The Hall–Kier alpha value is -2.00. The Morgan fingerprint density at radius 2 is 1.52 bits per heavy atom. The Kier molecular flexibility index (Phi) is 8.18. The second-order valence-corrected chi connectivity index (χ2v) is 6.52. The topological polar surface area (TPSA) is 58.1 Å². The maximum absolute atomic E-state index is 5.41. The Balaban J connectivity index is 0.00000261. The fourth-order valence-corrected chi connectivity index (χ4v) is 2.77. The van der Waals surface area contributed by atoms with Crippen LogP contribution in [0.4, 0.5) is 0 Å². The number of ether oxygens (including phenoxy) is 2. The summed E-state index contributed by atoms with van der Waals surface area (Å²) in [6, 6.07) is 14.6. The van der Waals surface area contributed by atoms with Crippen LogP contribution in [0.15, 0.2) is 47.5 Å². The second-order valence-electron chi connectivity index (χ2n) is 6.52. The molecule has 7 heteroatoms. The van der Waals surface area contributed by atoms with Gasteiger partial charge in [0.05, 0.1) is 0 Å². The van der Waals surface area contributed by atoms with Gasteiger partial charge in [-0.25, -0.2) is 0 Å². The second kappa shape index (κ2) is 10.4. The third kappa shape index (κ3) is 6.28. The largest absolute Gasteiger partial charge is 0.454 e. The summed E-state index contributed by atoms with van der Waals surface area (Å²) in [5.74, 6) is 2.36. The molecule has 0 atom stereocenters. The number of hydrogen-bond acceptors (Lipinski definition) is 4. The zero-order chi connectivity index (χ0) is 18.4. The predicted molar refractivity (Wildman–Crippen MR) is 119 cm³/mol. The number of benzene rings is 2. The van der Waals surface area contributed by atoms with Crippen molar-refractivity contribution in [3.63, 3.8) is 0 Å². The zero-order valence-electron chi connectivity index (χ0n) is 16.0. The molecule has 1 aliphatic heterocycles. The van der Waals surface area contributed by atoms with Crippen molar-refractivity contribution in [2.24, 2.45) is 4.99 Å². The number of rotatable bonds is 6. The lowest BCUT2D eigenvalue weighted by molar-refractivity contribution is 0.174. The van der Waals surface area contributed by atoms with Gasteiger partial charge in [-0.1, -0.05) is 30.3 Å². The number of hydrogen-bond donors (Lipinski definition) is 2. The van der Waals surface area contributed by atoms with Crippen molar-refractivity contribution in [1.82, 2.24) is 15.5 Å². The summed E-state index contributed by atoms with van der Waals surface area (Å²) < 4.78 is 10.7. The molecule has 0 fully saturated rings. The molecule has 6 nitrogen and oxygen atoms in total. The van der Waals surface area contributed by atoms with Gasteiger partial charge in [-0.05, 0) is 42.9 Å². The highest BCUT2D eigenvalue weighted by atomic mass is 127. The van der Waals surface area contributed by atoms with Gasteiger partial charge in [-0.2, -0.15) is 0 Å². The summed E-state index contributed by atoms with van der Waals surface area (Å²) in [5.41, 5.74) is 3.65. The summed E-state index contributed by atoms with van der Waals surface area (Å²) in [5, 5.41) is 6.66. The van der Waals surface area contributed by atoms with Crippen molar-refractivity contribution >= 4 is 29.9 Å². The van der Waals surface area contributed by atoms with Crippen molar-refractivity contribution < 1.29 is 9.47 Å². The fraction of sp³-hybridized carbons (Fsp3) is 0.350. The highest BCUT2D eigenvalue weighted by molar-refractivity contribution is 14.0. The standard InChI is InChI=1S/C20H26N4O2.HI/c1-21-20(22-11-15-4-6-16(7-5-15)13-24(2)3)23-12-17-8-9-18-19(10-17)26-14-25-18;/h4-10H,11-14H2,1-3H3,(H2,21,22,23);1H. The van der Waals surface area contributed by atoms with Crippen LogP contribution in [0.25, 0.3) is 0 Å².